The monoisotopic (exact) mass is 261 g/mol. The summed E-state index contributed by atoms with van der Waals surface area (Å²) in [5, 5.41) is 10.1. The molecule has 0 bridgehead atoms. The summed E-state index contributed by atoms with van der Waals surface area (Å²) in [7, 11) is 0. The standard InChI is InChI=1S/C14H19N3O2/c1-2-19-13(18)12(17-14(15)16)11-8-7-9-5-3-4-6-10(9)11/h3-6,11-12H,2,7-8H2,1H3,(H4,15,16,17). The minimum Gasteiger partial charge on any atom is -0.464 e. The maximum atomic E-state index is 12.0. The average Bonchev–Trinajstić information content (AvgIpc) is 2.79. The van der Waals surface area contributed by atoms with Gasteiger partial charge in [-0.1, -0.05) is 24.3 Å². The molecule has 0 spiro atoms. The number of nitrogens with one attached hydrogen (secondary N) is 2. The lowest BCUT2D eigenvalue weighted by atomic mass is 9.93. The van der Waals surface area contributed by atoms with E-state index in [9.17, 15) is 4.79 Å². The molecule has 4 N–H and O–H groups in total. The zero-order valence-electron chi connectivity index (χ0n) is 11.0. The number of hydrogen-bond donors (Lipinski definition) is 3. The second kappa shape index (κ2) is 5.73. The maximum Gasteiger partial charge on any atom is 0.329 e. The second-order valence-electron chi connectivity index (χ2n) is 4.63. The van der Waals surface area contributed by atoms with E-state index in [0.29, 0.717) is 6.61 Å². The molecule has 5 heteroatoms. The molecular formula is C14H19N3O2. The van der Waals surface area contributed by atoms with Crippen LogP contribution in [0, 0.1) is 5.41 Å². The number of carbonyl (C=O) groups is 1. The Hall–Kier alpha value is -2.04. The van der Waals surface area contributed by atoms with Gasteiger partial charge in [-0.25, -0.2) is 4.79 Å². The number of ether oxygens (including phenoxy) is 1. The van der Waals surface area contributed by atoms with Crippen LogP contribution >= 0.6 is 0 Å². The van der Waals surface area contributed by atoms with Crippen LogP contribution in [0.15, 0.2) is 24.3 Å². The first-order chi connectivity index (χ1) is 9.13. The molecular weight excluding hydrogens is 242 g/mol. The van der Waals surface area contributed by atoms with Crippen LogP contribution in [0.1, 0.15) is 30.4 Å². The van der Waals surface area contributed by atoms with Crippen LogP contribution in [0.2, 0.25) is 0 Å². The van der Waals surface area contributed by atoms with Gasteiger partial charge >= 0.3 is 5.97 Å². The van der Waals surface area contributed by atoms with Crippen LogP contribution in [0.3, 0.4) is 0 Å². The van der Waals surface area contributed by atoms with Gasteiger partial charge < -0.3 is 15.8 Å². The number of carbonyl (C=O) groups excluding carboxylic acids is 1. The van der Waals surface area contributed by atoms with Gasteiger partial charge in [0.05, 0.1) is 6.61 Å². The van der Waals surface area contributed by atoms with Gasteiger partial charge in [0.15, 0.2) is 5.96 Å². The quantitative estimate of drug-likeness (QED) is 0.431. The molecule has 1 aromatic carbocycles. The van der Waals surface area contributed by atoms with Gasteiger partial charge in [0.2, 0.25) is 0 Å². The van der Waals surface area contributed by atoms with Crippen molar-refractivity contribution < 1.29 is 9.53 Å². The molecule has 0 radical (unpaired) electrons. The summed E-state index contributed by atoms with van der Waals surface area (Å²) in [4.78, 5) is 12.0. The first-order valence-electron chi connectivity index (χ1n) is 6.48. The molecule has 1 aromatic rings. The molecule has 2 atom stereocenters. The van der Waals surface area contributed by atoms with E-state index in [4.69, 9.17) is 15.9 Å². The molecule has 1 aliphatic carbocycles. The molecule has 0 aliphatic heterocycles. The first kappa shape index (κ1) is 13.4. The Labute approximate surface area is 112 Å². The summed E-state index contributed by atoms with van der Waals surface area (Å²) < 4.78 is 5.08. The molecule has 0 heterocycles. The molecule has 5 nitrogen and oxygen atoms in total. The van der Waals surface area contributed by atoms with Crippen molar-refractivity contribution in [2.45, 2.75) is 31.7 Å². The minimum atomic E-state index is -0.582. The summed E-state index contributed by atoms with van der Waals surface area (Å²) in [5.74, 6) is -0.541. The fraction of sp³-hybridized carbons (Fsp3) is 0.429. The Morgan fingerprint density at radius 2 is 2.32 bits per heavy atom. The van der Waals surface area contributed by atoms with E-state index in [-0.39, 0.29) is 17.8 Å². The summed E-state index contributed by atoms with van der Waals surface area (Å²) in [6.07, 6.45) is 1.80. The molecule has 2 unspecified atom stereocenters. The van der Waals surface area contributed by atoms with E-state index in [1.54, 1.807) is 6.92 Å². The predicted molar refractivity (Wildman–Crippen MR) is 73.0 cm³/mol. The third-order valence-corrected chi connectivity index (χ3v) is 3.43. The number of aryl methyl sites for hydroxylation is 1. The maximum absolute atomic E-state index is 12.0. The number of hydrogen-bond acceptors (Lipinski definition) is 3. The highest BCUT2D eigenvalue weighted by molar-refractivity contribution is 5.85. The van der Waals surface area contributed by atoms with E-state index >= 15 is 0 Å². The van der Waals surface area contributed by atoms with E-state index in [0.717, 1.165) is 18.4 Å². The fourth-order valence-electron chi connectivity index (χ4n) is 2.66. The topological polar surface area (TPSA) is 88.2 Å². The highest BCUT2D eigenvalue weighted by Gasteiger charge is 2.35. The van der Waals surface area contributed by atoms with Crippen LogP contribution in [0.5, 0.6) is 0 Å². The highest BCUT2D eigenvalue weighted by Crippen LogP contribution is 2.35. The second-order valence-corrected chi connectivity index (χ2v) is 4.63. The first-order valence-corrected chi connectivity index (χ1v) is 6.48. The lowest BCUT2D eigenvalue weighted by Gasteiger charge is -2.23. The van der Waals surface area contributed by atoms with Crippen molar-refractivity contribution in [3.8, 4) is 0 Å². The van der Waals surface area contributed by atoms with Crippen LogP contribution in [-0.2, 0) is 16.0 Å². The molecule has 102 valence electrons. The lowest BCUT2D eigenvalue weighted by Crippen LogP contribution is -2.48. The van der Waals surface area contributed by atoms with Gasteiger partial charge in [-0.05, 0) is 30.9 Å². The summed E-state index contributed by atoms with van der Waals surface area (Å²) in [6, 6.07) is 7.49. The van der Waals surface area contributed by atoms with Crippen LogP contribution in [0.4, 0.5) is 0 Å². The van der Waals surface area contributed by atoms with Gasteiger partial charge in [0.25, 0.3) is 0 Å². The number of fused-ring (bicyclic) bond motifs is 1. The summed E-state index contributed by atoms with van der Waals surface area (Å²) in [6.45, 7) is 2.09. The highest BCUT2D eigenvalue weighted by atomic mass is 16.5. The van der Waals surface area contributed by atoms with Crippen molar-refractivity contribution in [1.29, 1.82) is 5.41 Å². The SMILES string of the molecule is CCOC(=O)C(NC(=N)N)C1CCc2ccccc21. The van der Waals surface area contributed by atoms with Crippen molar-refractivity contribution in [2.24, 2.45) is 5.73 Å². The Kier molecular flexibility index (Phi) is 4.04. The van der Waals surface area contributed by atoms with Crippen molar-refractivity contribution in [1.82, 2.24) is 5.32 Å². The minimum absolute atomic E-state index is 0.0131. The Bertz CT molecular complexity index is 487. The molecule has 0 fully saturated rings. The van der Waals surface area contributed by atoms with E-state index in [1.165, 1.54) is 5.56 Å². The molecule has 19 heavy (non-hydrogen) atoms. The van der Waals surface area contributed by atoms with E-state index < -0.39 is 6.04 Å². The normalized spacial score (nSPS) is 18.5. The van der Waals surface area contributed by atoms with Crippen LogP contribution < -0.4 is 11.1 Å². The van der Waals surface area contributed by atoms with Crippen molar-refractivity contribution in [3.63, 3.8) is 0 Å². The number of guanidine groups is 1. The molecule has 0 amide bonds. The third-order valence-electron chi connectivity index (χ3n) is 3.43. The summed E-state index contributed by atoms with van der Waals surface area (Å²) in [5.41, 5.74) is 7.78. The predicted octanol–water partition coefficient (Wildman–Crippen LogP) is 1.13. The van der Waals surface area contributed by atoms with Crippen molar-refractivity contribution in [3.05, 3.63) is 35.4 Å². The summed E-state index contributed by atoms with van der Waals surface area (Å²) >= 11 is 0. The van der Waals surface area contributed by atoms with E-state index in [1.807, 2.05) is 18.2 Å². The largest absolute Gasteiger partial charge is 0.464 e. The Morgan fingerprint density at radius 3 is 3.00 bits per heavy atom. The van der Waals surface area contributed by atoms with Crippen molar-refractivity contribution >= 4 is 11.9 Å². The van der Waals surface area contributed by atoms with Gasteiger partial charge in [-0.15, -0.1) is 0 Å². The number of esters is 1. The number of benzene rings is 1. The van der Waals surface area contributed by atoms with E-state index in [2.05, 4.69) is 11.4 Å². The van der Waals surface area contributed by atoms with Gasteiger partial charge in [0, 0.05) is 5.92 Å². The lowest BCUT2D eigenvalue weighted by molar-refractivity contribution is -0.145. The van der Waals surface area contributed by atoms with Gasteiger partial charge in [0.1, 0.15) is 6.04 Å². The smallest absolute Gasteiger partial charge is 0.329 e. The number of rotatable bonds is 4. The number of nitrogens with two attached hydrogens (primary N) is 1. The molecule has 0 saturated carbocycles. The molecule has 0 saturated heterocycles. The van der Waals surface area contributed by atoms with Gasteiger partial charge in [-0.3, -0.25) is 5.41 Å². The molecule has 1 aliphatic rings. The molecule has 2 rings (SSSR count). The fourth-order valence-corrected chi connectivity index (χ4v) is 2.66. The van der Waals surface area contributed by atoms with Gasteiger partial charge in [-0.2, -0.15) is 0 Å². The van der Waals surface area contributed by atoms with Crippen LogP contribution in [-0.4, -0.2) is 24.6 Å². The third kappa shape index (κ3) is 2.86. The Balaban J connectivity index is 2.24. The zero-order chi connectivity index (χ0) is 13.8. The average molecular weight is 261 g/mol. The zero-order valence-corrected chi connectivity index (χ0v) is 11.0. The molecule has 0 aromatic heterocycles. The van der Waals surface area contributed by atoms with Crippen molar-refractivity contribution in [2.75, 3.05) is 6.61 Å². The Morgan fingerprint density at radius 1 is 1.58 bits per heavy atom. The van der Waals surface area contributed by atoms with Crippen LogP contribution in [0.25, 0.3) is 0 Å².